The molecule has 0 unspecified atom stereocenters. The highest BCUT2D eigenvalue weighted by molar-refractivity contribution is 5.88. The minimum Gasteiger partial charge on any atom is -0.478 e. The second-order valence-corrected chi connectivity index (χ2v) is 4.81. The van der Waals surface area contributed by atoms with Crippen LogP contribution in [0.25, 0.3) is 0 Å². The van der Waals surface area contributed by atoms with Crippen LogP contribution in [0, 0.1) is 0 Å². The number of hydrogen-bond acceptors (Lipinski definition) is 3. The fourth-order valence-electron chi connectivity index (χ4n) is 2.32. The zero-order chi connectivity index (χ0) is 13.8. The smallest absolute Gasteiger partial charge is 0.335 e. The summed E-state index contributed by atoms with van der Waals surface area (Å²) >= 11 is 0. The number of benzene rings is 1. The van der Waals surface area contributed by atoms with Gasteiger partial charge >= 0.3 is 5.97 Å². The van der Waals surface area contributed by atoms with Crippen LogP contribution in [0.3, 0.4) is 0 Å². The molecule has 1 aliphatic rings. The molecule has 1 heterocycles. The molecule has 5 nitrogen and oxygen atoms in total. The molecule has 1 amide bonds. The highest BCUT2D eigenvalue weighted by Crippen LogP contribution is 2.17. The first kappa shape index (κ1) is 13.4. The lowest BCUT2D eigenvalue weighted by atomic mass is 10.0. The van der Waals surface area contributed by atoms with Gasteiger partial charge in [0.05, 0.1) is 5.56 Å². The Kier molecular flexibility index (Phi) is 4.04. The third-order valence-electron chi connectivity index (χ3n) is 3.42. The van der Waals surface area contributed by atoms with Crippen molar-refractivity contribution < 1.29 is 14.7 Å². The van der Waals surface area contributed by atoms with E-state index in [9.17, 15) is 9.59 Å². The summed E-state index contributed by atoms with van der Waals surface area (Å²) in [5, 5.41) is 12.3. The second-order valence-electron chi connectivity index (χ2n) is 4.81. The Balaban J connectivity index is 1.94. The van der Waals surface area contributed by atoms with E-state index >= 15 is 0 Å². The number of carboxylic acid groups (broad SMARTS) is 1. The van der Waals surface area contributed by atoms with Gasteiger partial charge in [0.1, 0.15) is 0 Å². The Labute approximate surface area is 112 Å². The first-order valence-corrected chi connectivity index (χ1v) is 6.41. The Morgan fingerprint density at radius 2 is 2.00 bits per heavy atom. The van der Waals surface area contributed by atoms with Crippen LogP contribution in [-0.2, 0) is 4.79 Å². The zero-order valence-electron chi connectivity index (χ0n) is 10.9. The van der Waals surface area contributed by atoms with E-state index < -0.39 is 5.97 Å². The summed E-state index contributed by atoms with van der Waals surface area (Å²) in [5.74, 6) is -0.804. The summed E-state index contributed by atoms with van der Waals surface area (Å²) in [6.07, 6.45) is 1.77. The molecule has 102 valence electrons. The van der Waals surface area contributed by atoms with E-state index in [1.807, 2.05) is 11.0 Å². The monoisotopic (exact) mass is 262 g/mol. The lowest BCUT2D eigenvalue weighted by Crippen LogP contribution is -2.41. The number of amides is 1. The molecule has 0 aliphatic carbocycles. The quantitative estimate of drug-likeness (QED) is 0.871. The SMILES string of the molecule is CC(=O)N1CCC(Nc2cccc(C(=O)O)c2)CC1. The van der Waals surface area contributed by atoms with Crippen molar-refractivity contribution in [2.45, 2.75) is 25.8 Å². The normalized spacial score (nSPS) is 16.2. The molecular weight excluding hydrogens is 244 g/mol. The number of carbonyl (C=O) groups excluding carboxylic acids is 1. The van der Waals surface area contributed by atoms with Crippen LogP contribution < -0.4 is 5.32 Å². The topological polar surface area (TPSA) is 69.6 Å². The molecule has 0 aromatic heterocycles. The van der Waals surface area contributed by atoms with Gasteiger partial charge in [-0.05, 0) is 31.0 Å². The minimum atomic E-state index is -0.921. The molecule has 1 saturated heterocycles. The van der Waals surface area contributed by atoms with Crippen molar-refractivity contribution in [2.24, 2.45) is 0 Å². The van der Waals surface area contributed by atoms with E-state index in [1.54, 1.807) is 25.1 Å². The Morgan fingerprint density at radius 3 is 2.58 bits per heavy atom. The van der Waals surface area contributed by atoms with Gasteiger partial charge in [-0.2, -0.15) is 0 Å². The number of rotatable bonds is 3. The van der Waals surface area contributed by atoms with E-state index in [0.717, 1.165) is 31.6 Å². The average Bonchev–Trinajstić information content (AvgIpc) is 2.39. The molecule has 0 atom stereocenters. The molecule has 5 heteroatoms. The third kappa shape index (κ3) is 3.47. The first-order valence-electron chi connectivity index (χ1n) is 6.41. The molecule has 1 aromatic rings. The number of aromatic carboxylic acids is 1. The van der Waals surface area contributed by atoms with Gasteiger partial charge in [0.15, 0.2) is 0 Å². The number of carboxylic acids is 1. The lowest BCUT2D eigenvalue weighted by Gasteiger charge is -2.32. The second kappa shape index (κ2) is 5.73. The summed E-state index contributed by atoms with van der Waals surface area (Å²) in [6, 6.07) is 7.10. The lowest BCUT2D eigenvalue weighted by molar-refractivity contribution is -0.129. The number of carbonyl (C=O) groups is 2. The van der Waals surface area contributed by atoms with Gasteiger partial charge in [-0.1, -0.05) is 6.07 Å². The van der Waals surface area contributed by atoms with Gasteiger partial charge in [-0.25, -0.2) is 4.79 Å². The van der Waals surface area contributed by atoms with Gasteiger partial charge in [0.2, 0.25) is 5.91 Å². The Hall–Kier alpha value is -2.04. The van der Waals surface area contributed by atoms with Crippen molar-refractivity contribution in [3.05, 3.63) is 29.8 Å². The summed E-state index contributed by atoms with van der Waals surface area (Å²) in [7, 11) is 0. The fraction of sp³-hybridized carbons (Fsp3) is 0.429. The number of nitrogens with zero attached hydrogens (tertiary/aromatic N) is 1. The van der Waals surface area contributed by atoms with Crippen LogP contribution in [0.15, 0.2) is 24.3 Å². The summed E-state index contributed by atoms with van der Waals surface area (Å²) in [6.45, 7) is 3.10. The van der Waals surface area contributed by atoms with Crippen molar-refractivity contribution in [3.8, 4) is 0 Å². The maximum absolute atomic E-state index is 11.2. The predicted molar refractivity (Wildman–Crippen MR) is 72.3 cm³/mol. The van der Waals surface area contributed by atoms with E-state index in [4.69, 9.17) is 5.11 Å². The van der Waals surface area contributed by atoms with Crippen LogP contribution in [-0.4, -0.2) is 41.0 Å². The first-order chi connectivity index (χ1) is 9.06. The highest BCUT2D eigenvalue weighted by Gasteiger charge is 2.20. The molecular formula is C14H18N2O3. The highest BCUT2D eigenvalue weighted by atomic mass is 16.4. The molecule has 1 fully saturated rings. The van der Waals surface area contributed by atoms with Crippen LogP contribution in [0.1, 0.15) is 30.1 Å². The van der Waals surface area contributed by atoms with E-state index in [0.29, 0.717) is 6.04 Å². The molecule has 0 saturated carbocycles. The molecule has 2 rings (SSSR count). The number of hydrogen-bond donors (Lipinski definition) is 2. The summed E-state index contributed by atoms with van der Waals surface area (Å²) in [5.41, 5.74) is 1.10. The van der Waals surface area contributed by atoms with E-state index in [1.165, 1.54) is 0 Å². The van der Waals surface area contributed by atoms with Crippen molar-refractivity contribution in [3.63, 3.8) is 0 Å². The molecule has 1 aromatic carbocycles. The molecule has 19 heavy (non-hydrogen) atoms. The fourth-order valence-corrected chi connectivity index (χ4v) is 2.32. The molecule has 1 aliphatic heterocycles. The van der Waals surface area contributed by atoms with Gasteiger partial charge < -0.3 is 15.3 Å². The molecule has 2 N–H and O–H groups in total. The number of nitrogens with one attached hydrogen (secondary N) is 1. The Morgan fingerprint density at radius 1 is 1.32 bits per heavy atom. The standard InChI is InChI=1S/C14H18N2O3/c1-10(17)16-7-5-12(6-8-16)15-13-4-2-3-11(9-13)14(18)19/h2-4,9,12,15H,5-8H2,1H3,(H,18,19). The minimum absolute atomic E-state index is 0.117. The maximum atomic E-state index is 11.2. The molecule has 0 bridgehead atoms. The maximum Gasteiger partial charge on any atom is 0.335 e. The number of likely N-dealkylation sites (tertiary alicyclic amines) is 1. The molecule has 0 radical (unpaired) electrons. The molecule has 0 spiro atoms. The number of anilines is 1. The predicted octanol–water partition coefficient (Wildman–Crippen LogP) is 1.81. The third-order valence-corrected chi connectivity index (χ3v) is 3.42. The van der Waals surface area contributed by atoms with Crippen LogP contribution in [0.5, 0.6) is 0 Å². The average molecular weight is 262 g/mol. The van der Waals surface area contributed by atoms with Crippen molar-refractivity contribution in [2.75, 3.05) is 18.4 Å². The van der Waals surface area contributed by atoms with E-state index in [2.05, 4.69) is 5.32 Å². The largest absolute Gasteiger partial charge is 0.478 e. The van der Waals surface area contributed by atoms with Gasteiger partial charge in [0, 0.05) is 31.7 Å². The number of piperidine rings is 1. The van der Waals surface area contributed by atoms with Gasteiger partial charge in [-0.15, -0.1) is 0 Å². The van der Waals surface area contributed by atoms with Crippen molar-refractivity contribution in [1.29, 1.82) is 0 Å². The van der Waals surface area contributed by atoms with Crippen LogP contribution in [0.2, 0.25) is 0 Å². The van der Waals surface area contributed by atoms with Crippen LogP contribution >= 0.6 is 0 Å². The zero-order valence-corrected chi connectivity index (χ0v) is 10.9. The summed E-state index contributed by atoms with van der Waals surface area (Å²) in [4.78, 5) is 24.0. The van der Waals surface area contributed by atoms with Crippen LogP contribution in [0.4, 0.5) is 5.69 Å². The Bertz CT molecular complexity index is 479. The van der Waals surface area contributed by atoms with Crippen molar-refractivity contribution in [1.82, 2.24) is 4.90 Å². The van der Waals surface area contributed by atoms with E-state index in [-0.39, 0.29) is 11.5 Å². The summed E-state index contributed by atoms with van der Waals surface area (Å²) < 4.78 is 0. The van der Waals surface area contributed by atoms with Gasteiger partial charge in [0.25, 0.3) is 0 Å². The van der Waals surface area contributed by atoms with Crippen molar-refractivity contribution >= 4 is 17.6 Å². The van der Waals surface area contributed by atoms with Gasteiger partial charge in [-0.3, -0.25) is 4.79 Å².